The minimum absolute atomic E-state index is 0.0780. The molecule has 0 spiro atoms. The molecule has 0 aromatic carbocycles. The number of thiazole rings is 1. The lowest BCUT2D eigenvalue weighted by molar-refractivity contribution is -0.118. The Morgan fingerprint density at radius 1 is 1.56 bits per heavy atom. The monoisotopic (exact) mass is 285 g/mol. The number of amides is 1. The average molecular weight is 285 g/mol. The molecule has 100 valence electrons. The molecular weight excluding hydrogens is 266 g/mol. The summed E-state index contributed by atoms with van der Waals surface area (Å²) >= 11 is 6.42. The van der Waals surface area contributed by atoms with Gasteiger partial charge in [-0.1, -0.05) is 33.0 Å². The van der Waals surface area contributed by atoms with Crippen LogP contribution < -0.4 is 11.1 Å². The molecule has 18 heavy (non-hydrogen) atoms. The third kappa shape index (κ3) is 3.49. The van der Waals surface area contributed by atoms with E-state index >= 15 is 0 Å². The molecule has 0 aliphatic heterocycles. The highest BCUT2D eigenvalue weighted by molar-refractivity contribution is 7.80. The maximum absolute atomic E-state index is 12.1. The Labute approximate surface area is 117 Å². The Hall–Kier alpha value is -1.01. The van der Waals surface area contributed by atoms with Gasteiger partial charge in [-0.2, -0.15) is 0 Å². The summed E-state index contributed by atoms with van der Waals surface area (Å²) in [5, 5.41) is 3.42. The van der Waals surface area contributed by atoms with Crippen molar-refractivity contribution >= 4 is 39.6 Å². The molecule has 3 N–H and O–H groups in total. The van der Waals surface area contributed by atoms with Crippen molar-refractivity contribution in [1.82, 2.24) is 4.98 Å². The number of nitrogens with one attached hydrogen (secondary N) is 1. The van der Waals surface area contributed by atoms with Crippen molar-refractivity contribution < 1.29 is 4.79 Å². The van der Waals surface area contributed by atoms with Crippen LogP contribution in [-0.2, 0) is 11.2 Å². The molecule has 1 aromatic rings. The summed E-state index contributed by atoms with van der Waals surface area (Å²) in [5.41, 5.74) is 6.63. The first-order chi connectivity index (χ1) is 8.36. The van der Waals surface area contributed by atoms with Gasteiger partial charge >= 0.3 is 0 Å². The van der Waals surface area contributed by atoms with Crippen LogP contribution >= 0.6 is 23.6 Å². The average Bonchev–Trinajstić information content (AvgIpc) is 2.57. The van der Waals surface area contributed by atoms with Crippen LogP contribution in [0.25, 0.3) is 0 Å². The Balaban J connectivity index is 2.82. The summed E-state index contributed by atoms with van der Waals surface area (Å²) in [5.74, 6) is -0.544. The third-order valence-electron chi connectivity index (χ3n) is 2.71. The molecule has 1 unspecified atom stereocenters. The zero-order valence-corrected chi connectivity index (χ0v) is 12.7. The number of rotatable bonds is 5. The van der Waals surface area contributed by atoms with Gasteiger partial charge in [-0.05, 0) is 19.3 Å². The van der Waals surface area contributed by atoms with E-state index in [-0.39, 0.29) is 16.8 Å². The number of carbonyl (C=O) groups excluding carboxylic acids is 1. The van der Waals surface area contributed by atoms with Crippen LogP contribution in [0.1, 0.15) is 31.3 Å². The van der Waals surface area contributed by atoms with Gasteiger partial charge < -0.3 is 11.1 Å². The maximum atomic E-state index is 12.1. The molecule has 0 aliphatic carbocycles. The first-order valence-corrected chi connectivity index (χ1v) is 7.15. The smallest absolute Gasteiger partial charge is 0.236 e. The fourth-order valence-corrected chi connectivity index (χ4v) is 3.04. The first-order valence-electron chi connectivity index (χ1n) is 5.93. The minimum atomic E-state index is -0.450. The molecule has 1 atom stereocenters. The van der Waals surface area contributed by atoms with Gasteiger partial charge in [0.1, 0.15) is 0 Å². The van der Waals surface area contributed by atoms with Gasteiger partial charge in [0, 0.05) is 4.88 Å². The molecule has 1 amide bonds. The fraction of sp³-hybridized carbons (Fsp3) is 0.583. The Morgan fingerprint density at radius 2 is 2.17 bits per heavy atom. The van der Waals surface area contributed by atoms with Crippen LogP contribution in [0.4, 0.5) is 5.13 Å². The van der Waals surface area contributed by atoms with Gasteiger partial charge in [-0.25, -0.2) is 4.98 Å². The van der Waals surface area contributed by atoms with Crippen molar-refractivity contribution in [3.05, 3.63) is 10.6 Å². The summed E-state index contributed by atoms with van der Waals surface area (Å²) in [6.07, 6.45) is 0.862. The van der Waals surface area contributed by atoms with Crippen molar-refractivity contribution in [3.8, 4) is 0 Å². The summed E-state index contributed by atoms with van der Waals surface area (Å²) in [6.45, 7) is 7.89. The maximum Gasteiger partial charge on any atom is 0.236 e. The molecule has 4 nitrogen and oxygen atoms in total. The lowest BCUT2D eigenvalue weighted by Gasteiger charge is -2.17. The zero-order valence-electron chi connectivity index (χ0n) is 11.1. The Morgan fingerprint density at radius 3 is 2.56 bits per heavy atom. The quantitative estimate of drug-likeness (QED) is 0.816. The SMILES string of the molecule is CCc1nc(NC(=O)C(C(N)=S)C(C)C)sc1C. The second-order valence-corrected chi connectivity index (χ2v) is 6.16. The Kier molecular flexibility index (Phi) is 5.22. The molecule has 0 aliphatic rings. The van der Waals surface area contributed by atoms with Gasteiger partial charge in [-0.15, -0.1) is 11.3 Å². The molecule has 0 bridgehead atoms. The topological polar surface area (TPSA) is 68.0 Å². The van der Waals surface area contributed by atoms with Crippen molar-refractivity contribution in [2.24, 2.45) is 17.6 Å². The Bertz CT molecular complexity index is 454. The molecule has 0 fully saturated rings. The van der Waals surface area contributed by atoms with Gasteiger partial charge in [-0.3, -0.25) is 4.79 Å². The van der Waals surface area contributed by atoms with E-state index in [0.29, 0.717) is 5.13 Å². The van der Waals surface area contributed by atoms with Crippen LogP contribution in [0.15, 0.2) is 0 Å². The zero-order chi connectivity index (χ0) is 13.9. The molecule has 0 saturated heterocycles. The predicted octanol–water partition coefficient (Wildman–Crippen LogP) is 2.51. The number of hydrogen-bond acceptors (Lipinski definition) is 4. The molecule has 0 saturated carbocycles. The van der Waals surface area contributed by atoms with Gasteiger partial charge in [0.2, 0.25) is 5.91 Å². The van der Waals surface area contributed by atoms with Crippen molar-refractivity contribution in [2.45, 2.75) is 34.1 Å². The number of aromatic nitrogens is 1. The predicted molar refractivity (Wildman–Crippen MR) is 80.0 cm³/mol. The first kappa shape index (κ1) is 15.0. The van der Waals surface area contributed by atoms with E-state index in [1.165, 1.54) is 11.3 Å². The van der Waals surface area contributed by atoms with Crippen LogP contribution in [0, 0.1) is 18.8 Å². The van der Waals surface area contributed by atoms with E-state index in [1.807, 2.05) is 27.7 Å². The van der Waals surface area contributed by atoms with E-state index in [4.69, 9.17) is 18.0 Å². The van der Waals surface area contributed by atoms with E-state index < -0.39 is 5.92 Å². The highest BCUT2D eigenvalue weighted by Crippen LogP contribution is 2.23. The highest BCUT2D eigenvalue weighted by atomic mass is 32.1. The van der Waals surface area contributed by atoms with Crippen molar-refractivity contribution in [3.63, 3.8) is 0 Å². The van der Waals surface area contributed by atoms with E-state index in [0.717, 1.165) is 17.0 Å². The highest BCUT2D eigenvalue weighted by Gasteiger charge is 2.25. The van der Waals surface area contributed by atoms with Crippen LogP contribution in [0.2, 0.25) is 0 Å². The van der Waals surface area contributed by atoms with Crippen molar-refractivity contribution in [2.75, 3.05) is 5.32 Å². The van der Waals surface area contributed by atoms with Crippen molar-refractivity contribution in [1.29, 1.82) is 0 Å². The van der Waals surface area contributed by atoms with Crippen LogP contribution in [0.3, 0.4) is 0 Å². The number of nitrogens with zero attached hydrogens (tertiary/aromatic N) is 1. The lowest BCUT2D eigenvalue weighted by atomic mass is 9.95. The van der Waals surface area contributed by atoms with E-state index in [1.54, 1.807) is 0 Å². The van der Waals surface area contributed by atoms with Gasteiger partial charge in [0.25, 0.3) is 0 Å². The fourth-order valence-electron chi connectivity index (χ4n) is 1.75. The number of hydrogen-bond donors (Lipinski definition) is 2. The number of anilines is 1. The third-order valence-corrected chi connectivity index (χ3v) is 3.90. The lowest BCUT2D eigenvalue weighted by Crippen LogP contribution is -2.36. The van der Waals surface area contributed by atoms with Gasteiger partial charge in [0.05, 0.1) is 16.6 Å². The van der Waals surface area contributed by atoms with Crippen LogP contribution in [-0.4, -0.2) is 15.9 Å². The summed E-state index contributed by atoms with van der Waals surface area (Å²) in [6, 6.07) is 0. The van der Waals surface area contributed by atoms with E-state index in [2.05, 4.69) is 10.3 Å². The minimum Gasteiger partial charge on any atom is -0.393 e. The van der Waals surface area contributed by atoms with Crippen LogP contribution in [0.5, 0.6) is 0 Å². The molecule has 1 heterocycles. The number of nitrogens with two attached hydrogens (primary N) is 1. The number of thiocarbonyl (C=S) groups is 1. The molecule has 6 heteroatoms. The second kappa shape index (κ2) is 6.24. The standard InChI is InChI=1S/C12H19N3OS2/c1-5-8-7(4)18-12(14-8)15-11(16)9(6(2)3)10(13)17/h6,9H,5H2,1-4H3,(H2,13,17)(H,14,15,16). The molecule has 1 rings (SSSR count). The molecular formula is C12H19N3OS2. The van der Waals surface area contributed by atoms with Gasteiger partial charge in [0.15, 0.2) is 5.13 Å². The number of aryl methyl sites for hydroxylation is 2. The summed E-state index contributed by atoms with van der Waals surface area (Å²) in [7, 11) is 0. The molecule has 0 radical (unpaired) electrons. The normalized spacial score (nSPS) is 12.5. The van der Waals surface area contributed by atoms with E-state index in [9.17, 15) is 4.79 Å². The largest absolute Gasteiger partial charge is 0.393 e. The second-order valence-electron chi connectivity index (χ2n) is 4.49. The summed E-state index contributed by atoms with van der Waals surface area (Å²) in [4.78, 5) is 17.8. The number of carbonyl (C=O) groups is 1. The molecule has 1 aromatic heterocycles. The summed E-state index contributed by atoms with van der Waals surface area (Å²) < 4.78 is 0.